The third-order valence-electron chi connectivity index (χ3n) is 4.84. The maximum Gasteiger partial charge on any atom is 0.0415 e. The van der Waals surface area contributed by atoms with Gasteiger partial charge in [0.2, 0.25) is 0 Å². The third kappa shape index (κ3) is 3.53. The van der Waals surface area contributed by atoms with Gasteiger partial charge in [-0.05, 0) is 49.9 Å². The first-order chi connectivity index (χ1) is 10.3. The number of halogens is 1. The summed E-state index contributed by atoms with van der Waals surface area (Å²) in [6.45, 7) is 9.10. The minimum Gasteiger partial charge on any atom is -0.371 e. The van der Waals surface area contributed by atoms with Crippen molar-refractivity contribution in [3.8, 4) is 0 Å². The van der Waals surface area contributed by atoms with Crippen molar-refractivity contribution < 1.29 is 0 Å². The van der Waals surface area contributed by atoms with E-state index < -0.39 is 0 Å². The fourth-order valence-electron chi connectivity index (χ4n) is 3.55. The van der Waals surface area contributed by atoms with Crippen molar-refractivity contribution in [3.05, 3.63) is 28.8 Å². The summed E-state index contributed by atoms with van der Waals surface area (Å²) in [5.41, 5.74) is 2.79. The summed E-state index contributed by atoms with van der Waals surface area (Å²) in [5, 5.41) is 4.29. The Kier molecular flexibility index (Phi) is 5.04. The first kappa shape index (κ1) is 15.1. The Morgan fingerprint density at radius 3 is 2.48 bits per heavy atom. The van der Waals surface area contributed by atoms with Crippen molar-refractivity contribution in [1.82, 2.24) is 10.2 Å². The number of hydrogen-bond donors (Lipinski definition) is 1. The number of hydrogen-bond acceptors (Lipinski definition) is 3. The van der Waals surface area contributed by atoms with Crippen LogP contribution < -0.4 is 10.2 Å². The molecule has 2 aliphatic heterocycles. The van der Waals surface area contributed by atoms with Gasteiger partial charge in [-0.25, -0.2) is 0 Å². The number of piperazine rings is 1. The van der Waals surface area contributed by atoms with Crippen LogP contribution in [0.3, 0.4) is 0 Å². The monoisotopic (exact) mass is 307 g/mol. The van der Waals surface area contributed by atoms with E-state index in [4.69, 9.17) is 11.6 Å². The van der Waals surface area contributed by atoms with Gasteiger partial charge in [0.15, 0.2) is 0 Å². The molecule has 2 aliphatic rings. The zero-order chi connectivity index (χ0) is 14.7. The Bertz CT molecular complexity index is 465. The van der Waals surface area contributed by atoms with Gasteiger partial charge in [-0.3, -0.25) is 4.90 Å². The third-order valence-corrected chi connectivity index (χ3v) is 5.07. The van der Waals surface area contributed by atoms with E-state index in [-0.39, 0.29) is 0 Å². The van der Waals surface area contributed by atoms with Gasteiger partial charge >= 0.3 is 0 Å². The number of benzene rings is 1. The van der Waals surface area contributed by atoms with Gasteiger partial charge in [-0.1, -0.05) is 11.6 Å². The van der Waals surface area contributed by atoms with E-state index in [1.807, 2.05) is 6.07 Å². The van der Waals surface area contributed by atoms with E-state index in [1.54, 1.807) is 0 Å². The molecule has 0 bridgehead atoms. The second-order valence-electron chi connectivity index (χ2n) is 6.21. The van der Waals surface area contributed by atoms with E-state index >= 15 is 0 Å². The summed E-state index contributed by atoms with van der Waals surface area (Å²) < 4.78 is 0. The zero-order valence-electron chi connectivity index (χ0n) is 12.9. The fraction of sp³-hybridized carbons (Fsp3) is 0.647. The molecule has 1 aromatic rings. The van der Waals surface area contributed by atoms with Crippen LogP contribution in [0, 0.1) is 0 Å². The van der Waals surface area contributed by atoms with E-state index in [9.17, 15) is 0 Å². The minimum absolute atomic E-state index is 0.433. The van der Waals surface area contributed by atoms with Crippen LogP contribution in [0.1, 0.15) is 37.8 Å². The van der Waals surface area contributed by atoms with Crippen molar-refractivity contribution in [2.45, 2.75) is 32.2 Å². The van der Waals surface area contributed by atoms with E-state index in [0.29, 0.717) is 6.04 Å². The van der Waals surface area contributed by atoms with Crippen LogP contribution in [0.15, 0.2) is 18.2 Å². The molecule has 0 saturated carbocycles. The molecule has 1 N–H and O–H groups in total. The van der Waals surface area contributed by atoms with E-state index in [1.165, 1.54) is 43.6 Å². The topological polar surface area (TPSA) is 18.5 Å². The van der Waals surface area contributed by atoms with Crippen LogP contribution in [0.25, 0.3) is 0 Å². The smallest absolute Gasteiger partial charge is 0.0415 e. The first-order valence-electron chi connectivity index (χ1n) is 8.25. The van der Waals surface area contributed by atoms with E-state index in [0.717, 1.165) is 31.2 Å². The first-order valence-corrected chi connectivity index (χ1v) is 8.62. The average molecular weight is 308 g/mol. The maximum atomic E-state index is 6.29. The molecule has 3 rings (SSSR count). The van der Waals surface area contributed by atoms with Crippen LogP contribution in [-0.4, -0.2) is 44.2 Å². The van der Waals surface area contributed by atoms with Gasteiger partial charge in [-0.15, -0.1) is 0 Å². The Balaban J connectivity index is 1.86. The highest BCUT2D eigenvalue weighted by molar-refractivity contribution is 6.30. The van der Waals surface area contributed by atoms with Crippen molar-refractivity contribution in [2.75, 3.05) is 44.2 Å². The molecular formula is C17H26ClN3. The summed E-state index contributed by atoms with van der Waals surface area (Å²) in [5.74, 6) is 0. The van der Waals surface area contributed by atoms with Gasteiger partial charge in [0.1, 0.15) is 0 Å². The summed E-state index contributed by atoms with van der Waals surface area (Å²) in [6.07, 6.45) is 3.99. The number of rotatable bonds is 3. The minimum atomic E-state index is 0.433. The highest BCUT2D eigenvalue weighted by atomic mass is 35.5. The lowest BCUT2D eigenvalue weighted by molar-refractivity contribution is 0.185. The molecule has 0 spiro atoms. The van der Waals surface area contributed by atoms with Gasteiger partial charge in [0.05, 0.1) is 0 Å². The van der Waals surface area contributed by atoms with Crippen LogP contribution >= 0.6 is 11.6 Å². The molecule has 0 amide bonds. The SMILES string of the molecule is CC(c1cc(Cl)ccc1N1CCCCC1)N1CCNCC1. The van der Waals surface area contributed by atoms with Crippen LogP contribution in [0.5, 0.6) is 0 Å². The second kappa shape index (κ2) is 6.99. The average Bonchev–Trinajstić information content (AvgIpc) is 2.56. The van der Waals surface area contributed by atoms with E-state index in [2.05, 4.69) is 34.2 Å². The lowest BCUT2D eigenvalue weighted by Gasteiger charge is -2.37. The number of nitrogens with one attached hydrogen (secondary N) is 1. The molecular weight excluding hydrogens is 282 g/mol. The summed E-state index contributed by atoms with van der Waals surface area (Å²) in [6, 6.07) is 6.88. The Labute approximate surface area is 133 Å². The predicted molar refractivity (Wildman–Crippen MR) is 90.4 cm³/mol. The van der Waals surface area contributed by atoms with Crippen molar-refractivity contribution >= 4 is 17.3 Å². The summed E-state index contributed by atoms with van der Waals surface area (Å²) in [4.78, 5) is 5.11. The van der Waals surface area contributed by atoms with Crippen LogP contribution in [0.4, 0.5) is 5.69 Å². The zero-order valence-corrected chi connectivity index (χ0v) is 13.7. The van der Waals surface area contributed by atoms with Crippen LogP contribution in [0.2, 0.25) is 5.02 Å². The number of anilines is 1. The van der Waals surface area contributed by atoms with Gasteiger partial charge in [-0.2, -0.15) is 0 Å². The number of piperidine rings is 1. The standard InChI is InChI=1S/C17H26ClN3/c1-14(20-11-7-19-8-12-20)16-13-15(18)5-6-17(16)21-9-3-2-4-10-21/h5-6,13-14,19H,2-4,7-12H2,1H3. The highest BCUT2D eigenvalue weighted by Gasteiger charge is 2.23. The predicted octanol–water partition coefficient (Wildman–Crippen LogP) is 3.30. The Morgan fingerprint density at radius 1 is 1.05 bits per heavy atom. The molecule has 1 atom stereocenters. The second-order valence-corrected chi connectivity index (χ2v) is 6.65. The molecule has 2 fully saturated rings. The molecule has 1 aromatic carbocycles. The fourth-order valence-corrected chi connectivity index (χ4v) is 3.73. The lowest BCUT2D eigenvalue weighted by atomic mass is 10.0. The van der Waals surface area contributed by atoms with Crippen molar-refractivity contribution in [2.24, 2.45) is 0 Å². The molecule has 0 aromatic heterocycles. The molecule has 3 nitrogen and oxygen atoms in total. The van der Waals surface area contributed by atoms with Gasteiger partial charge in [0.25, 0.3) is 0 Å². The Hall–Kier alpha value is -0.770. The van der Waals surface area contributed by atoms with Crippen molar-refractivity contribution in [1.29, 1.82) is 0 Å². The molecule has 2 saturated heterocycles. The quantitative estimate of drug-likeness (QED) is 0.924. The Morgan fingerprint density at radius 2 is 1.76 bits per heavy atom. The van der Waals surface area contributed by atoms with Crippen LogP contribution in [-0.2, 0) is 0 Å². The van der Waals surface area contributed by atoms with Gasteiger partial charge < -0.3 is 10.2 Å². The molecule has 2 heterocycles. The maximum absolute atomic E-state index is 6.29. The van der Waals surface area contributed by atoms with Gasteiger partial charge in [0, 0.05) is 56.0 Å². The molecule has 0 radical (unpaired) electrons. The lowest BCUT2D eigenvalue weighted by Crippen LogP contribution is -2.44. The number of nitrogens with zero attached hydrogens (tertiary/aromatic N) is 2. The molecule has 116 valence electrons. The largest absolute Gasteiger partial charge is 0.371 e. The molecule has 1 unspecified atom stereocenters. The molecule has 21 heavy (non-hydrogen) atoms. The highest BCUT2D eigenvalue weighted by Crippen LogP contribution is 2.34. The summed E-state index contributed by atoms with van der Waals surface area (Å²) in [7, 11) is 0. The van der Waals surface area contributed by atoms with Crippen molar-refractivity contribution in [3.63, 3.8) is 0 Å². The molecule has 0 aliphatic carbocycles. The summed E-state index contributed by atoms with van der Waals surface area (Å²) >= 11 is 6.29. The molecule has 4 heteroatoms. The normalized spacial score (nSPS) is 22.3.